The summed E-state index contributed by atoms with van der Waals surface area (Å²) in [6.07, 6.45) is 6.05. The Bertz CT molecular complexity index is 336. The van der Waals surface area contributed by atoms with Crippen LogP contribution in [0.15, 0.2) is 18.3 Å². The molecule has 74 valence electrons. The van der Waals surface area contributed by atoms with Crippen LogP contribution in [0.1, 0.15) is 30.7 Å². The summed E-state index contributed by atoms with van der Waals surface area (Å²) in [6, 6.07) is 5.72. The molecule has 2 bridgehead atoms. The maximum absolute atomic E-state index is 5.78. The molecule has 1 aromatic heterocycles. The largest absolute Gasteiger partial charge is 0.341 e. The molecule has 2 saturated heterocycles. The van der Waals surface area contributed by atoms with Crippen LogP contribution in [0, 0.1) is 0 Å². The Morgan fingerprint density at radius 1 is 1.36 bits per heavy atom. The van der Waals surface area contributed by atoms with Crippen molar-refractivity contribution in [2.45, 2.75) is 37.3 Å². The minimum absolute atomic E-state index is 0.598. The monoisotopic (exact) mass is 209 g/mol. The van der Waals surface area contributed by atoms with Gasteiger partial charge in [-0.05, 0) is 11.6 Å². The molecule has 3 rings (SSSR count). The second-order valence-electron chi connectivity index (χ2n) is 4.45. The van der Waals surface area contributed by atoms with Gasteiger partial charge < -0.3 is 5.32 Å². The lowest BCUT2D eigenvalue weighted by Crippen LogP contribution is -2.88. The highest BCUT2D eigenvalue weighted by atomic mass is 35.5. The summed E-state index contributed by atoms with van der Waals surface area (Å²) in [7, 11) is 0. The topological polar surface area (TPSA) is 29.5 Å². The smallest absolute Gasteiger partial charge is 0.129 e. The fraction of sp³-hybridized carbons (Fsp3) is 0.545. The van der Waals surface area contributed by atoms with E-state index in [9.17, 15) is 0 Å². The standard InChI is InChI=1S/C11H13ClN2/c12-11-4-1-7(6-13-11)9-5-8-2-3-10(9)14-8/h1,4,6,8-10,14H,2-3,5H2/p+1. The van der Waals surface area contributed by atoms with Crippen molar-refractivity contribution in [2.75, 3.05) is 0 Å². The van der Waals surface area contributed by atoms with Crippen molar-refractivity contribution in [3.8, 4) is 0 Å². The van der Waals surface area contributed by atoms with E-state index in [-0.39, 0.29) is 0 Å². The molecule has 0 aromatic carbocycles. The molecule has 0 radical (unpaired) electrons. The van der Waals surface area contributed by atoms with Gasteiger partial charge in [-0.3, -0.25) is 0 Å². The van der Waals surface area contributed by atoms with Gasteiger partial charge in [-0.1, -0.05) is 17.7 Å². The van der Waals surface area contributed by atoms with E-state index in [4.69, 9.17) is 11.6 Å². The first-order valence-electron chi connectivity index (χ1n) is 5.29. The molecule has 2 fully saturated rings. The number of pyridine rings is 1. The van der Waals surface area contributed by atoms with Crippen molar-refractivity contribution in [1.82, 2.24) is 4.98 Å². The number of hydrogen-bond donors (Lipinski definition) is 1. The lowest BCUT2D eigenvalue weighted by Gasteiger charge is -2.16. The molecule has 0 aliphatic carbocycles. The number of quaternary nitrogens is 1. The summed E-state index contributed by atoms with van der Waals surface area (Å²) in [5.41, 5.74) is 1.37. The van der Waals surface area contributed by atoms with E-state index in [1.54, 1.807) is 0 Å². The number of nitrogens with two attached hydrogens (primary N) is 1. The van der Waals surface area contributed by atoms with Crippen molar-refractivity contribution in [3.63, 3.8) is 0 Å². The number of halogens is 1. The summed E-state index contributed by atoms with van der Waals surface area (Å²) >= 11 is 5.78. The fourth-order valence-corrected chi connectivity index (χ4v) is 3.08. The lowest BCUT2D eigenvalue weighted by atomic mass is 9.85. The summed E-state index contributed by atoms with van der Waals surface area (Å²) in [5.74, 6) is 0.721. The van der Waals surface area contributed by atoms with Gasteiger partial charge in [-0.2, -0.15) is 0 Å². The molecule has 2 nitrogen and oxygen atoms in total. The molecule has 3 atom stereocenters. The molecule has 3 unspecified atom stereocenters. The molecule has 0 saturated carbocycles. The predicted molar refractivity (Wildman–Crippen MR) is 55.3 cm³/mol. The van der Waals surface area contributed by atoms with Gasteiger partial charge in [0.25, 0.3) is 0 Å². The van der Waals surface area contributed by atoms with Crippen LogP contribution < -0.4 is 5.32 Å². The third-order valence-corrected chi connectivity index (χ3v) is 3.87. The van der Waals surface area contributed by atoms with E-state index in [0.717, 1.165) is 18.0 Å². The predicted octanol–water partition coefficient (Wildman–Crippen LogP) is 1.32. The highest BCUT2D eigenvalue weighted by Gasteiger charge is 2.44. The Morgan fingerprint density at radius 2 is 2.29 bits per heavy atom. The van der Waals surface area contributed by atoms with Crippen molar-refractivity contribution in [3.05, 3.63) is 29.0 Å². The molecule has 2 N–H and O–H groups in total. The molecule has 1 aromatic rings. The van der Waals surface area contributed by atoms with Gasteiger partial charge in [0.1, 0.15) is 5.15 Å². The summed E-state index contributed by atoms with van der Waals surface area (Å²) in [5, 5.41) is 3.14. The normalized spacial score (nSPS) is 35.1. The number of nitrogens with zero attached hydrogens (tertiary/aromatic N) is 1. The van der Waals surface area contributed by atoms with Crippen molar-refractivity contribution in [1.29, 1.82) is 0 Å². The van der Waals surface area contributed by atoms with E-state index < -0.39 is 0 Å². The lowest BCUT2D eigenvalue weighted by molar-refractivity contribution is -0.682. The van der Waals surface area contributed by atoms with Gasteiger partial charge in [0.05, 0.1) is 12.1 Å². The maximum atomic E-state index is 5.78. The first-order chi connectivity index (χ1) is 6.83. The molecule has 0 spiro atoms. The van der Waals surface area contributed by atoms with Gasteiger partial charge in [0.2, 0.25) is 0 Å². The van der Waals surface area contributed by atoms with Crippen LogP contribution in [-0.4, -0.2) is 17.1 Å². The molecule has 3 heteroatoms. The molecular weight excluding hydrogens is 196 g/mol. The van der Waals surface area contributed by atoms with Crippen LogP contribution in [0.3, 0.4) is 0 Å². The third-order valence-electron chi connectivity index (χ3n) is 3.64. The summed E-state index contributed by atoms with van der Waals surface area (Å²) < 4.78 is 0. The minimum Gasteiger partial charge on any atom is -0.341 e. The maximum Gasteiger partial charge on any atom is 0.129 e. The van der Waals surface area contributed by atoms with Gasteiger partial charge in [0.15, 0.2) is 0 Å². The van der Waals surface area contributed by atoms with Crippen LogP contribution in [0.25, 0.3) is 0 Å². The van der Waals surface area contributed by atoms with E-state index in [1.807, 2.05) is 12.3 Å². The van der Waals surface area contributed by atoms with E-state index in [2.05, 4.69) is 16.4 Å². The Morgan fingerprint density at radius 3 is 2.86 bits per heavy atom. The third kappa shape index (κ3) is 1.33. The number of aromatic nitrogens is 1. The first kappa shape index (κ1) is 8.69. The average Bonchev–Trinajstić information content (AvgIpc) is 2.80. The Kier molecular flexibility index (Phi) is 1.99. The number of hydrogen-bond acceptors (Lipinski definition) is 1. The molecule has 0 amide bonds. The molecular formula is C11H14ClN2+. The van der Waals surface area contributed by atoms with Crippen LogP contribution in [0.5, 0.6) is 0 Å². The van der Waals surface area contributed by atoms with Crippen LogP contribution >= 0.6 is 11.6 Å². The minimum atomic E-state index is 0.598. The van der Waals surface area contributed by atoms with Gasteiger partial charge in [0, 0.05) is 31.4 Å². The molecule has 2 aliphatic heterocycles. The first-order valence-corrected chi connectivity index (χ1v) is 5.67. The second kappa shape index (κ2) is 3.21. The van der Waals surface area contributed by atoms with Crippen LogP contribution in [-0.2, 0) is 0 Å². The summed E-state index contributed by atoms with van der Waals surface area (Å²) in [6.45, 7) is 0. The SMILES string of the molecule is Clc1ccc(C2CC3CCC2[NH2+]3)cn1. The molecule has 3 heterocycles. The Labute approximate surface area is 88.7 Å². The van der Waals surface area contributed by atoms with Crippen LogP contribution in [0.4, 0.5) is 0 Å². The average molecular weight is 210 g/mol. The summed E-state index contributed by atoms with van der Waals surface area (Å²) in [4.78, 5) is 4.16. The quantitative estimate of drug-likeness (QED) is 0.695. The number of fused-ring (bicyclic) bond motifs is 2. The van der Waals surface area contributed by atoms with E-state index >= 15 is 0 Å². The number of rotatable bonds is 1. The van der Waals surface area contributed by atoms with Crippen LogP contribution in [0.2, 0.25) is 5.15 Å². The van der Waals surface area contributed by atoms with Gasteiger partial charge >= 0.3 is 0 Å². The van der Waals surface area contributed by atoms with Crippen molar-refractivity contribution in [2.24, 2.45) is 0 Å². The highest BCUT2D eigenvalue weighted by molar-refractivity contribution is 6.29. The van der Waals surface area contributed by atoms with E-state index in [1.165, 1.54) is 24.8 Å². The fourth-order valence-electron chi connectivity index (χ4n) is 2.97. The zero-order chi connectivity index (χ0) is 9.54. The van der Waals surface area contributed by atoms with Crippen molar-refractivity contribution < 1.29 is 5.32 Å². The van der Waals surface area contributed by atoms with Gasteiger partial charge in [-0.15, -0.1) is 0 Å². The Balaban J connectivity index is 1.86. The van der Waals surface area contributed by atoms with E-state index in [0.29, 0.717) is 5.15 Å². The zero-order valence-electron chi connectivity index (χ0n) is 7.99. The molecule has 14 heavy (non-hydrogen) atoms. The zero-order valence-corrected chi connectivity index (χ0v) is 8.74. The van der Waals surface area contributed by atoms with Crippen molar-refractivity contribution >= 4 is 11.6 Å². The molecule has 2 aliphatic rings. The highest BCUT2D eigenvalue weighted by Crippen LogP contribution is 2.34. The van der Waals surface area contributed by atoms with Gasteiger partial charge in [-0.25, -0.2) is 4.98 Å². The second-order valence-corrected chi connectivity index (χ2v) is 4.84. The Hall–Kier alpha value is -0.600.